The molecule has 1 aliphatic rings. The van der Waals surface area contributed by atoms with E-state index in [1.54, 1.807) is 0 Å². The van der Waals surface area contributed by atoms with Crippen LogP contribution >= 0.6 is 0 Å². The number of nitrogens with one attached hydrogen (secondary N) is 1. The zero-order valence-corrected chi connectivity index (χ0v) is 14.0. The van der Waals surface area contributed by atoms with E-state index in [2.05, 4.69) is 5.32 Å². The number of epoxide rings is 1. The zero-order valence-electron chi connectivity index (χ0n) is 14.0. The minimum atomic E-state index is -0.683. The average Bonchev–Trinajstić information content (AvgIpc) is 3.45. The fourth-order valence-corrected chi connectivity index (χ4v) is 2.71. The second-order valence-electron chi connectivity index (χ2n) is 6.26. The maximum atomic E-state index is 12.1. The maximum Gasteiger partial charge on any atom is 0.407 e. The first-order valence-corrected chi connectivity index (χ1v) is 8.51. The van der Waals surface area contributed by atoms with Crippen molar-refractivity contribution in [2.45, 2.75) is 37.7 Å². The average molecular weight is 341 g/mol. The number of ether oxygens (including phenoxy) is 2. The molecule has 1 fully saturated rings. The van der Waals surface area contributed by atoms with Crippen LogP contribution in [-0.4, -0.2) is 36.1 Å². The van der Waals surface area contributed by atoms with Crippen LogP contribution in [0.2, 0.25) is 0 Å². The number of benzene rings is 2. The molecule has 2 aromatic rings. The van der Waals surface area contributed by atoms with Crippen molar-refractivity contribution in [3.05, 3.63) is 71.8 Å². The van der Waals surface area contributed by atoms with Gasteiger partial charge in [-0.2, -0.15) is 0 Å². The number of aliphatic hydroxyl groups is 1. The van der Waals surface area contributed by atoms with Crippen molar-refractivity contribution in [1.29, 1.82) is 0 Å². The number of amides is 1. The molecule has 3 atom stereocenters. The minimum Gasteiger partial charge on any atom is -0.445 e. The van der Waals surface area contributed by atoms with Crippen LogP contribution in [0.25, 0.3) is 0 Å². The molecular formula is C20H23NO4. The Bertz CT molecular complexity index is 658. The summed E-state index contributed by atoms with van der Waals surface area (Å²) in [4.78, 5) is 12.1. The number of carbonyl (C=O) groups excluding carboxylic acids is 1. The summed E-state index contributed by atoms with van der Waals surface area (Å²) in [5.74, 6) is 0. The summed E-state index contributed by atoms with van der Waals surface area (Å²) in [6.45, 7) is 0.875. The summed E-state index contributed by atoms with van der Waals surface area (Å²) in [5, 5.41) is 13.3. The van der Waals surface area contributed by atoms with E-state index in [-0.39, 0.29) is 12.7 Å². The first-order chi connectivity index (χ1) is 12.2. The lowest BCUT2D eigenvalue weighted by molar-refractivity contribution is 0.0911. The highest BCUT2D eigenvalue weighted by Gasteiger charge is 2.31. The topological polar surface area (TPSA) is 71.1 Å². The van der Waals surface area contributed by atoms with Gasteiger partial charge in [-0.1, -0.05) is 60.7 Å². The van der Waals surface area contributed by atoms with Gasteiger partial charge in [-0.3, -0.25) is 0 Å². The van der Waals surface area contributed by atoms with Gasteiger partial charge in [-0.25, -0.2) is 4.79 Å². The van der Waals surface area contributed by atoms with Crippen molar-refractivity contribution >= 4 is 6.09 Å². The molecule has 0 aliphatic carbocycles. The van der Waals surface area contributed by atoms with Gasteiger partial charge >= 0.3 is 6.09 Å². The Morgan fingerprint density at radius 3 is 2.32 bits per heavy atom. The lowest BCUT2D eigenvalue weighted by Gasteiger charge is -2.23. The quantitative estimate of drug-likeness (QED) is 0.724. The number of carbonyl (C=O) groups is 1. The van der Waals surface area contributed by atoms with Gasteiger partial charge in [0.25, 0.3) is 0 Å². The predicted molar refractivity (Wildman–Crippen MR) is 94.1 cm³/mol. The van der Waals surface area contributed by atoms with Crippen molar-refractivity contribution < 1.29 is 19.4 Å². The molecule has 1 saturated heterocycles. The molecule has 2 aromatic carbocycles. The van der Waals surface area contributed by atoms with E-state index in [0.717, 1.165) is 11.1 Å². The minimum absolute atomic E-state index is 0.0930. The Labute approximate surface area is 147 Å². The third kappa shape index (κ3) is 5.89. The Hall–Kier alpha value is -2.37. The maximum absolute atomic E-state index is 12.1. The number of aliphatic hydroxyl groups excluding tert-OH is 1. The van der Waals surface area contributed by atoms with Crippen LogP contribution in [0.15, 0.2) is 60.7 Å². The van der Waals surface area contributed by atoms with Gasteiger partial charge in [0.15, 0.2) is 0 Å². The molecule has 132 valence electrons. The lowest BCUT2D eigenvalue weighted by Crippen LogP contribution is -2.45. The Morgan fingerprint density at radius 1 is 1.12 bits per heavy atom. The molecule has 5 heteroatoms. The van der Waals surface area contributed by atoms with Gasteiger partial charge in [-0.05, 0) is 17.5 Å². The third-order valence-corrected chi connectivity index (χ3v) is 4.19. The van der Waals surface area contributed by atoms with E-state index in [9.17, 15) is 9.90 Å². The van der Waals surface area contributed by atoms with Crippen LogP contribution in [0.1, 0.15) is 17.5 Å². The molecule has 1 amide bonds. The van der Waals surface area contributed by atoms with Crippen LogP contribution in [0.5, 0.6) is 0 Å². The second-order valence-corrected chi connectivity index (χ2v) is 6.26. The fraction of sp³-hybridized carbons (Fsp3) is 0.350. The molecule has 2 N–H and O–H groups in total. The van der Waals surface area contributed by atoms with Gasteiger partial charge in [0.05, 0.1) is 24.9 Å². The van der Waals surface area contributed by atoms with E-state index in [1.807, 2.05) is 60.7 Å². The predicted octanol–water partition coefficient (Wildman–Crippen LogP) is 2.67. The highest BCUT2D eigenvalue weighted by Crippen LogP contribution is 2.19. The molecule has 0 radical (unpaired) electrons. The molecule has 1 unspecified atom stereocenters. The monoisotopic (exact) mass is 341 g/mol. The molecular weight excluding hydrogens is 318 g/mol. The van der Waals surface area contributed by atoms with E-state index >= 15 is 0 Å². The van der Waals surface area contributed by atoms with Crippen molar-refractivity contribution in [1.82, 2.24) is 5.32 Å². The van der Waals surface area contributed by atoms with Gasteiger partial charge < -0.3 is 19.9 Å². The van der Waals surface area contributed by atoms with Crippen LogP contribution < -0.4 is 5.32 Å². The third-order valence-electron chi connectivity index (χ3n) is 4.19. The Kier molecular flexibility index (Phi) is 6.04. The van der Waals surface area contributed by atoms with Crippen molar-refractivity contribution in [3.8, 4) is 0 Å². The number of rotatable bonds is 8. The normalized spacial score (nSPS) is 18.2. The van der Waals surface area contributed by atoms with Gasteiger partial charge in [-0.15, -0.1) is 0 Å². The number of alkyl carbamates (subject to hydrolysis) is 1. The molecule has 3 rings (SSSR count). The summed E-state index contributed by atoms with van der Waals surface area (Å²) in [7, 11) is 0. The van der Waals surface area contributed by atoms with Gasteiger partial charge in [0, 0.05) is 6.42 Å². The molecule has 0 spiro atoms. The molecule has 5 nitrogen and oxygen atoms in total. The molecule has 1 heterocycles. The van der Waals surface area contributed by atoms with E-state index < -0.39 is 18.2 Å². The molecule has 0 bridgehead atoms. The Balaban J connectivity index is 1.56. The summed E-state index contributed by atoms with van der Waals surface area (Å²) in [5.41, 5.74) is 1.97. The lowest BCUT2D eigenvalue weighted by atomic mass is 9.98. The van der Waals surface area contributed by atoms with Crippen LogP contribution in [0.4, 0.5) is 4.79 Å². The molecule has 0 aromatic heterocycles. The Morgan fingerprint density at radius 2 is 1.72 bits per heavy atom. The highest BCUT2D eigenvalue weighted by molar-refractivity contribution is 5.67. The summed E-state index contributed by atoms with van der Waals surface area (Å²) in [6, 6.07) is 18.9. The van der Waals surface area contributed by atoms with Crippen molar-refractivity contribution in [2.75, 3.05) is 6.61 Å². The highest BCUT2D eigenvalue weighted by atomic mass is 16.6. The van der Waals surface area contributed by atoms with E-state index in [4.69, 9.17) is 9.47 Å². The summed E-state index contributed by atoms with van der Waals surface area (Å²) >= 11 is 0. The largest absolute Gasteiger partial charge is 0.445 e. The first-order valence-electron chi connectivity index (χ1n) is 8.51. The second kappa shape index (κ2) is 8.65. The summed E-state index contributed by atoms with van der Waals surface area (Å²) < 4.78 is 10.5. The van der Waals surface area contributed by atoms with Crippen LogP contribution in [0, 0.1) is 0 Å². The zero-order chi connectivity index (χ0) is 17.5. The molecule has 0 saturated carbocycles. The van der Waals surface area contributed by atoms with Crippen LogP contribution in [0.3, 0.4) is 0 Å². The van der Waals surface area contributed by atoms with Crippen LogP contribution in [-0.2, 0) is 22.5 Å². The standard InChI is InChI=1S/C20H23NO4/c22-19(12-17-14-24-17)18(11-15-7-3-1-4-8-15)21-20(23)25-13-16-9-5-2-6-10-16/h1-10,17-19,22H,11-14H2,(H,21,23)/t17?,18-,19+/m1/s1. The SMILES string of the molecule is O=C(N[C@H](Cc1ccccc1)[C@@H](O)CC1CO1)OCc1ccccc1. The number of hydrogen-bond acceptors (Lipinski definition) is 4. The van der Waals surface area contributed by atoms with Gasteiger partial charge in [0.1, 0.15) is 6.61 Å². The number of hydrogen-bond donors (Lipinski definition) is 2. The first kappa shape index (κ1) is 17.5. The van der Waals surface area contributed by atoms with Crippen molar-refractivity contribution in [2.24, 2.45) is 0 Å². The van der Waals surface area contributed by atoms with E-state index in [1.165, 1.54) is 0 Å². The molecule has 25 heavy (non-hydrogen) atoms. The summed E-state index contributed by atoms with van der Waals surface area (Å²) in [6.07, 6.45) is -0.0704. The van der Waals surface area contributed by atoms with Crippen molar-refractivity contribution in [3.63, 3.8) is 0 Å². The smallest absolute Gasteiger partial charge is 0.407 e. The fourth-order valence-electron chi connectivity index (χ4n) is 2.71. The van der Waals surface area contributed by atoms with Gasteiger partial charge in [0.2, 0.25) is 0 Å². The van der Waals surface area contributed by atoms with E-state index in [0.29, 0.717) is 19.4 Å². The molecule has 1 aliphatic heterocycles.